The van der Waals surface area contributed by atoms with Gasteiger partial charge in [0.25, 0.3) is 0 Å². The first kappa shape index (κ1) is 18.1. The molecule has 0 saturated heterocycles. The third kappa shape index (κ3) is 7.53. The van der Waals surface area contributed by atoms with Crippen molar-refractivity contribution in [3.8, 4) is 0 Å². The van der Waals surface area contributed by atoms with Gasteiger partial charge in [-0.15, -0.1) is 0 Å². The van der Waals surface area contributed by atoms with Gasteiger partial charge in [-0.2, -0.15) is 0 Å². The lowest BCUT2D eigenvalue weighted by Gasteiger charge is -2.07. The third-order valence-corrected chi connectivity index (χ3v) is 2.31. The minimum Gasteiger partial charge on any atom is -0.481 e. The predicted octanol–water partition coefficient (Wildman–Crippen LogP) is 2.11. The largest absolute Gasteiger partial charge is 0.481 e. The first-order chi connectivity index (χ1) is 9.56. The molecule has 0 saturated carbocycles. The Morgan fingerprint density at radius 1 is 1.25 bits per heavy atom. The van der Waals surface area contributed by atoms with Gasteiger partial charge in [0, 0.05) is 0 Å². The molecular formula is C15H23NO4. The van der Waals surface area contributed by atoms with Crippen LogP contribution in [0.2, 0.25) is 0 Å². The molecular weight excluding hydrogens is 258 g/mol. The normalized spacial score (nSPS) is 9.35. The van der Waals surface area contributed by atoms with E-state index in [9.17, 15) is 9.59 Å². The summed E-state index contributed by atoms with van der Waals surface area (Å²) in [5.41, 5.74) is 0.826. The highest BCUT2D eigenvalue weighted by molar-refractivity contribution is 5.92. The molecule has 0 aromatic heterocycles. The van der Waals surface area contributed by atoms with Gasteiger partial charge in [-0.1, -0.05) is 31.5 Å². The maximum absolute atomic E-state index is 11.7. The molecule has 0 radical (unpaired) electrons. The Bertz CT molecular complexity index is 418. The minimum absolute atomic E-state index is 0.168. The van der Waals surface area contributed by atoms with E-state index < -0.39 is 11.9 Å². The number of rotatable bonds is 6. The van der Waals surface area contributed by atoms with Crippen molar-refractivity contribution in [3.05, 3.63) is 35.4 Å². The third-order valence-electron chi connectivity index (χ3n) is 2.31. The van der Waals surface area contributed by atoms with E-state index in [4.69, 9.17) is 9.84 Å². The number of aliphatic carboxylic acids is 1. The Morgan fingerprint density at radius 2 is 1.85 bits per heavy atom. The van der Waals surface area contributed by atoms with Crippen LogP contribution >= 0.6 is 0 Å². The lowest BCUT2D eigenvalue weighted by molar-refractivity contribution is -0.136. The molecule has 0 spiro atoms. The molecule has 0 heterocycles. The maximum atomic E-state index is 11.7. The molecule has 0 fully saturated rings. The summed E-state index contributed by atoms with van der Waals surface area (Å²) in [5.74, 6) is -1.41. The maximum Gasteiger partial charge on any atom is 0.338 e. The van der Waals surface area contributed by atoms with Crippen molar-refractivity contribution in [1.29, 1.82) is 0 Å². The lowest BCUT2D eigenvalue weighted by atomic mass is 10.1. The van der Waals surface area contributed by atoms with Crippen LogP contribution in [0.5, 0.6) is 0 Å². The summed E-state index contributed by atoms with van der Waals surface area (Å²) in [5, 5.41) is 11.5. The molecule has 0 amide bonds. The van der Waals surface area contributed by atoms with Gasteiger partial charge in [-0.25, -0.2) is 4.79 Å². The number of carboxylic acid groups (broad SMARTS) is 1. The molecule has 0 atom stereocenters. The predicted molar refractivity (Wildman–Crippen MR) is 78.0 cm³/mol. The number of nitrogens with one attached hydrogen (secondary N) is 1. The monoisotopic (exact) mass is 281 g/mol. The summed E-state index contributed by atoms with van der Waals surface area (Å²) >= 11 is 0. The number of unbranched alkanes of at least 4 members (excludes halogenated alkanes) is 1. The van der Waals surface area contributed by atoms with Crippen LogP contribution in [-0.4, -0.2) is 37.7 Å². The highest BCUT2D eigenvalue weighted by atomic mass is 16.5. The number of hydrogen-bond acceptors (Lipinski definition) is 4. The van der Waals surface area contributed by atoms with Gasteiger partial charge in [0.2, 0.25) is 0 Å². The molecule has 0 aliphatic rings. The van der Waals surface area contributed by atoms with Crippen molar-refractivity contribution < 1.29 is 19.4 Å². The van der Waals surface area contributed by atoms with E-state index >= 15 is 0 Å². The van der Waals surface area contributed by atoms with Crippen LogP contribution in [0.3, 0.4) is 0 Å². The molecule has 112 valence electrons. The molecule has 2 N–H and O–H groups in total. The summed E-state index contributed by atoms with van der Waals surface area (Å²) in [4.78, 5) is 22.4. The van der Waals surface area contributed by atoms with Crippen molar-refractivity contribution in [2.24, 2.45) is 0 Å². The van der Waals surface area contributed by atoms with Crippen molar-refractivity contribution >= 4 is 11.9 Å². The topological polar surface area (TPSA) is 75.6 Å². The van der Waals surface area contributed by atoms with Crippen molar-refractivity contribution in [2.75, 3.05) is 20.7 Å². The number of carboxylic acids is 1. The Balaban J connectivity index is 0.00000110. The summed E-state index contributed by atoms with van der Waals surface area (Å²) in [6, 6.07) is 6.62. The Hall–Kier alpha value is -1.88. The number of carbonyl (C=O) groups excluding carboxylic acids is 1. The van der Waals surface area contributed by atoms with Gasteiger partial charge in [-0.05, 0) is 32.1 Å². The quantitative estimate of drug-likeness (QED) is 0.617. The molecule has 5 heteroatoms. The summed E-state index contributed by atoms with van der Waals surface area (Å²) in [6.45, 7) is 2.38. The molecule has 1 aromatic carbocycles. The van der Waals surface area contributed by atoms with Crippen molar-refractivity contribution in [3.63, 3.8) is 0 Å². The SMILES string of the molecule is CCCCOC(=O)c1ccccc1CC(=O)O.CNC. The van der Waals surface area contributed by atoms with Crippen LogP contribution in [-0.2, 0) is 16.0 Å². The first-order valence-electron chi connectivity index (χ1n) is 6.62. The fraction of sp³-hybridized carbons (Fsp3) is 0.467. The smallest absolute Gasteiger partial charge is 0.338 e. The van der Waals surface area contributed by atoms with E-state index in [1.54, 1.807) is 24.3 Å². The van der Waals surface area contributed by atoms with Crippen molar-refractivity contribution in [2.45, 2.75) is 26.2 Å². The number of hydrogen-bond donors (Lipinski definition) is 2. The van der Waals surface area contributed by atoms with Crippen LogP contribution in [0.25, 0.3) is 0 Å². The second-order valence-corrected chi connectivity index (χ2v) is 4.22. The molecule has 1 aromatic rings. The molecule has 0 bridgehead atoms. The average molecular weight is 281 g/mol. The zero-order valence-corrected chi connectivity index (χ0v) is 12.3. The highest BCUT2D eigenvalue weighted by Gasteiger charge is 2.13. The lowest BCUT2D eigenvalue weighted by Crippen LogP contribution is -2.11. The van der Waals surface area contributed by atoms with Crippen LogP contribution in [0.4, 0.5) is 0 Å². The van der Waals surface area contributed by atoms with E-state index in [1.165, 1.54) is 0 Å². The molecule has 1 rings (SSSR count). The van der Waals surface area contributed by atoms with E-state index in [2.05, 4.69) is 5.32 Å². The van der Waals surface area contributed by atoms with E-state index in [-0.39, 0.29) is 6.42 Å². The van der Waals surface area contributed by atoms with Crippen LogP contribution in [0, 0.1) is 0 Å². The minimum atomic E-state index is -0.959. The van der Waals surface area contributed by atoms with Gasteiger partial charge < -0.3 is 15.2 Å². The van der Waals surface area contributed by atoms with Gasteiger partial charge in [0.15, 0.2) is 0 Å². The number of ether oxygens (including phenoxy) is 1. The number of esters is 1. The second-order valence-electron chi connectivity index (χ2n) is 4.22. The molecule has 20 heavy (non-hydrogen) atoms. The molecule has 0 unspecified atom stereocenters. The van der Waals surface area contributed by atoms with E-state index in [0.29, 0.717) is 17.7 Å². The first-order valence-corrected chi connectivity index (χ1v) is 6.62. The molecule has 0 aliphatic heterocycles. The second kappa shape index (κ2) is 11.0. The zero-order chi connectivity index (χ0) is 15.4. The fourth-order valence-corrected chi connectivity index (χ4v) is 1.42. The van der Waals surface area contributed by atoms with Crippen LogP contribution in [0.1, 0.15) is 35.7 Å². The standard InChI is InChI=1S/C13H16O4.C2H7N/c1-2-3-8-17-13(16)11-7-5-4-6-10(11)9-12(14)15;1-3-2/h4-7H,2-3,8-9H2,1H3,(H,14,15);3H,1-2H3. The van der Waals surface area contributed by atoms with E-state index in [1.807, 2.05) is 21.0 Å². The van der Waals surface area contributed by atoms with Crippen LogP contribution in [0.15, 0.2) is 24.3 Å². The fourth-order valence-electron chi connectivity index (χ4n) is 1.42. The zero-order valence-electron chi connectivity index (χ0n) is 12.3. The highest BCUT2D eigenvalue weighted by Crippen LogP contribution is 2.11. The number of carbonyl (C=O) groups is 2. The van der Waals surface area contributed by atoms with Gasteiger partial charge in [-0.3, -0.25) is 4.79 Å². The van der Waals surface area contributed by atoms with E-state index in [0.717, 1.165) is 12.8 Å². The van der Waals surface area contributed by atoms with Crippen molar-refractivity contribution in [1.82, 2.24) is 5.32 Å². The Kier molecular flexibility index (Phi) is 9.96. The van der Waals surface area contributed by atoms with Gasteiger partial charge in [0.1, 0.15) is 0 Å². The van der Waals surface area contributed by atoms with Gasteiger partial charge in [0.05, 0.1) is 18.6 Å². The Morgan fingerprint density at radius 3 is 2.40 bits per heavy atom. The van der Waals surface area contributed by atoms with Gasteiger partial charge >= 0.3 is 11.9 Å². The number of benzene rings is 1. The molecule has 5 nitrogen and oxygen atoms in total. The average Bonchev–Trinajstić information content (AvgIpc) is 2.39. The summed E-state index contributed by atoms with van der Waals surface area (Å²) in [6.07, 6.45) is 1.59. The summed E-state index contributed by atoms with van der Waals surface area (Å²) < 4.78 is 5.06. The molecule has 0 aliphatic carbocycles. The Labute approximate surface area is 120 Å². The van der Waals surface area contributed by atoms with Crippen LogP contribution < -0.4 is 5.32 Å². The summed E-state index contributed by atoms with van der Waals surface area (Å²) in [7, 11) is 3.75.